The molecule has 0 spiro atoms. The van der Waals surface area contributed by atoms with Gasteiger partial charge in [0.25, 0.3) is 0 Å². The molecule has 0 radical (unpaired) electrons. The van der Waals surface area contributed by atoms with Gasteiger partial charge in [0.2, 0.25) is 0 Å². The maximum atomic E-state index is 14.1. The molecule has 0 bridgehead atoms. The van der Waals surface area contributed by atoms with Crippen molar-refractivity contribution in [1.29, 1.82) is 0 Å². The van der Waals surface area contributed by atoms with Crippen LogP contribution in [0.2, 0.25) is 0 Å². The number of nitrogens with zero attached hydrogens (tertiary/aromatic N) is 2. The highest BCUT2D eigenvalue weighted by atomic mass is 32.1. The summed E-state index contributed by atoms with van der Waals surface area (Å²) in [6.45, 7) is 0.950. The number of hydrogen-bond acceptors (Lipinski definition) is 6. The molecule has 0 unspecified atom stereocenters. The van der Waals surface area contributed by atoms with Crippen molar-refractivity contribution in [1.82, 2.24) is 9.88 Å². The summed E-state index contributed by atoms with van der Waals surface area (Å²) < 4.78 is 24.3. The normalized spacial score (nSPS) is 10.3. The predicted octanol–water partition coefficient (Wildman–Crippen LogP) is 2.99. The summed E-state index contributed by atoms with van der Waals surface area (Å²) in [4.78, 5) is 18.4. The lowest BCUT2D eigenvalue weighted by Crippen LogP contribution is -2.10. The van der Waals surface area contributed by atoms with Crippen LogP contribution in [0.15, 0.2) is 23.7 Å². The predicted molar refractivity (Wildman–Crippen MR) is 99.1 cm³/mol. The molecule has 5 nitrogen and oxygen atoms in total. The van der Waals surface area contributed by atoms with Gasteiger partial charge in [0.05, 0.1) is 25.8 Å². The Balaban J connectivity index is 1.85. The molecule has 0 N–H and O–H groups in total. The van der Waals surface area contributed by atoms with E-state index in [2.05, 4.69) is 21.6 Å². The van der Waals surface area contributed by atoms with E-state index in [0.29, 0.717) is 37.3 Å². The van der Waals surface area contributed by atoms with Crippen LogP contribution in [0.25, 0.3) is 0 Å². The van der Waals surface area contributed by atoms with Crippen LogP contribution in [0.4, 0.5) is 4.39 Å². The Kier molecular flexibility index (Phi) is 7.57. The van der Waals surface area contributed by atoms with Gasteiger partial charge in [0, 0.05) is 10.4 Å². The quantitative estimate of drug-likeness (QED) is 0.422. The van der Waals surface area contributed by atoms with E-state index in [9.17, 15) is 9.18 Å². The maximum absolute atomic E-state index is 14.1. The zero-order chi connectivity index (χ0) is 18.9. The number of methoxy groups -OCH3 is 1. The van der Waals surface area contributed by atoms with Gasteiger partial charge in [-0.3, -0.25) is 4.90 Å². The second kappa shape index (κ2) is 9.90. The Morgan fingerprint density at radius 3 is 2.88 bits per heavy atom. The van der Waals surface area contributed by atoms with Crippen molar-refractivity contribution in [3.8, 4) is 17.6 Å². The minimum Gasteiger partial charge on any atom is -0.491 e. The standard InChI is InChI=1S/C19H21FN2O3S/c1-22(2)10-4-6-14-8-9-16(15(20)12-14)25-11-5-7-17-18(19(23)24-3)21-13-26-17/h8-9,12-13H,5,7,10-11H2,1-3H3. The first kappa shape index (κ1) is 19.9. The first-order chi connectivity index (χ1) is 12.5. The Morgan fingerprint density at radius 2 is 2.19 bits per heavy atom. The summed E-state index contributed by atoms with van der Waals surface area (Å²) in [5, 5.41) is 0. The molecule has 0 fully saturated rings. The number of benzene rings is 1. The first-order valence-corrected chi connectivity index (χ1v) is 8.96. The highest BCUT2D eigenvalue weighted by Crippen LogP contribution is 2.20. The van der Waals surface area contributed by atoms with Gasteiger partial charge in [-0.15, -0.1) is 11.3 Å². The number of aromatic nitrogens is 1. The second-order valence-corrected chi connectivity index (χ2v) is 6.69. The smallest absolute Gasteiger partial charge is 0.357 e. The molecule has 0 aliphatic rings. The summed E-state index contributed by atoms with van der Waals surface area (Å²) in [7, 11) is 5.17. The van der Waals surface area contributed by atoms with E-state index in [-0.39, 0.29) is 5.75 Å². The fourth-order valence-corrected chi connectivity index (χ4v) is 2.92. The van der Waals surface area contributed by atoms with Crippen molar-refractivity contribution in [2.75, 3.05) is 34.4 Å². The highest BCUT2D eigenvalue weighted by Gasteiger charge is 2.14. The van der Waals surface area contributed by atoms with E-state index in [1.807, 2.05) is 19.0 Å². The van der Waals surface area contributed by atoms with Crippen LogP contribution in [0, 0.1) is 17.7 Å². The number of thiazole rings is 1. The number of rotatable bonds is 7. The molecular formula is C19H21FN2O3S. The Bertz CT molecular complexity index is 809. The number of halogens is 1. The fraction of sp³-hybridized carbons (Fsp3) is 0.368. The van der Waals surface area contributed by atoms with Gasteiger partial charge in [-0.2, -0.15) is 0 Å². The van der Waals surface area contributed by atoms with Crippen LogP contribution in [0.1, 0.15) is 27.3 Å². The lowest BCUT2D eigenvalue weighted by atomic mass is 10.2. The summed E-state index contributed by atoms with van der Waals surface area (Å²) in [5.41, 5.74) is 2.56. The third-order valence-corrected chi connectivity index (χ3v) is 4.28. The molecule has 2 rings (SSSR count). The van der Waals surface area contributed by atoms with Gasteiger partial charge in [-0.05, 0) is 45.1 Å². The number of ether oxygens (including phenoxy) is 2. The van der Waals surface area contributed by atoms with Crippen LogP contribution in [0.5, 0.6) is 5.75 Å². The Labute approximate surface area is 156 Å². The van der Waals surface area contributed by atoms with E-state index in [1.165, 1.54) is 24.5 Å². The monoisotopic (exact) mass is 376 g/mol. The van der Waals surface area contributed by atoms with Gasteiger partial charge in [-0.25, -0.2) is 14.2 Å². The van der Waals surface area contributed by atoms with Crippen LogP contribution in [-0.2, 0) is 11.2 Å². The maximum Gasteiger partial charge on any atom is 0.357 e. The molecule has 2 aromatic rings. The van der Waals surface area contributed by atoms with Gasteiger partial charge in [0.15, 0.2) is 17.3 Å². The van der Waals surface area contributed by atoms with E-state index in [1.54, 1.807) is 17.6 Å². The molecular weight excluding hydrogens is 355 g/mol. The van der Waals surface area contributed by atoms with E-state index in [0.717, 1.165) is 4.88 Å². The largest absolute Gasteiger partial charge is 0.491 e. The van der Waals surface area contributed by atoms with Crippen molar-refractivity contribution in [2.24, 2.45) is 0 Å². The molecule has 1 aromatic heterocycles. The number of carbonyl (C=O) groups excluding carboxylic acids is 1. The summed E-state index contributed by atoms with van der Waals surface area (Å²) in [6.07, 6.45) is 1.25. The minimum atomic E-state index is -0.445. The van der Waals surface area contributed by atoms with E-state index >= 15 is 0 Å². The Hall–Kier alpha value is -2.43. The van der Waals surface area contributed by atoms with Crippen molar-refractivity contribution in [3.63, 3.8) is 0 Å². The fourth-order valence-electron chi connectivity index (χ4n) is 2.12. The molecule has 1 aromatic carbocycles. The topological polar surface area (TPSA) is 51.7 Å². The van der Waals surface area contributed by atoms with Gasteiger partial charge in [0.1, 0.15) is 0 Å². The average Bonchev–Trinajstić information content (AvgIpc) is 3.07. The number of carbonyl (C=O) groups is 1. The Morgan fingerprint density at radius 1 is 1.38 bits per heavy atom. The lowest BCUT2D eigenvalue weighted by molar-refractivity contribution is 0.0593. The van der Waals surface area contributed by atoms with Crippen molar-refractivity contribution < 1.29 is 18.7 Å². The molecule has 138 valence electrons. The van der Waals surface area contributed by atoms with Crippen molar-refractivity contribution >= 4 is 17.3 Å². The van der Waals surface area contributed by atoms with Gasteiger partial charge < -0.3 is 9.47 Å². The van der Waals surface area contributed by atoms with E-state index in [4.69, 9.17) is 4.74 Å². The molecule has 0 saturated carbocycles. The molecule has 0 aliphatic carbocycles. The molecule has 0 aliphatic heterocycles. The summed E-state index contributed by atoms with van der Waals surface area (Å²) in [6, 6.07) is 4.69. The molecule has 26 heavy (non-hydrogen) atoms. The van der Waals surface area contributed by atoms with Gasteiger partial charge in [-0.1, -0.05) is 11.8 Å². The lowest BCUT2D eigenvalue weighted by Gasteiger charge is -2.07. The minimum absolute atomic E-state index is 0.195. The molecule has 0 saturated heterocycles. The SMILES string of the molecule is COC(=O)c1ncsc1CCCOc1ccc(C#CCN(C)C)cc1F. The summed E-state index contributed by atoms with van der Waals surface area (Å²) in [5.74, 6) is 5.19. The van der Waals surface area contributed by atoms with Gasteiger partial charge >= 0.3 is 5.97 Å². The van der Waals surface area contributed by atoms with Crippen molar-refractivity contribution in [2.45, 2.75) is 12.8 Å². The molecule has 0 amide bonds. The highest BCUT2D eigenvalue weighted by molar-refractivity contribution is 7.09. The second-order valence-electron chi connectivity index (χ2n) is 5.75. The van der Waals surface area contributed by atoms with E-state index < -0.39 is 11.8 Å². The average molecular weight is 376 g/mol. The van der Waals surface area contributed by atoms with Crippen LogP contribution >= 0.6 is 11.3 Å². The summed E-state index contributed by atoms with van der Waals surface area (Å²) >= 11 is 1.39. The van der Waals surface area contributed by atoms with Crippen molar-refractivity contribution in [3.05, 3.63) is 45.7 Å². The third kappa shape index (κ3) is 5.83. The number of hydrogen-bond donors (Lipinski definition) is 0. The molecule has 7 heteroatoms. The third-order valence-electron chi connectivity index (χ3n) is 3.39. The zero-order valence-electron chi connectivity index (χ0n) is 15.0. The van der Waals surface area contributed by atoms with Crippen LogP contribution < -0.4 is 4.74 Å². The zero-order valence-corrected chi connectivity index (χ0v) is 15.9. The number of aryl methyl sites for hydroxylation is 1. The van der Waals surface area contributed by atoms with Crippen LogP contribution in [-0.4, -0.2) is 50.2 Å². The van der Waals surface area contributed by atoms with Crippen LogP contribution in [0.3, 0.4) is 0 Å². The molecule has 0 atom stereocenters. The molecule has 1 heterocycles. The first-order valence-electron chi connectivity index (χ1n) is 8.08. The number of esters is 1.